The summed E-state index contributed by atoms with van der Waals surface area (Å²) in [4.78, 5) is 34.0. The number of thioether (sulfide) groups is 1. The average molecular weight is 586 g/mol. The first-order valence-electron chi connectivity index (χ1n) is 14.9. The van der Waals surface area contributed by atoms with Crippen molar-refractivity contribution in [1.82, 2.24) is 15.1 Å². The summed E-state index contributed by atoms with van der Waals surface area (Å²) in [5.74, 6) is -0.101. The Morgan fingerprint density at radius 1 is 1.00 bits per heavy atom. The van der Waals surface area contributed by atoms with E-state index in [1.165, 1.54) is 22.9 Å². The van der Waals surface area contributed by atoms with Crippen molar-refractivity contribution in [3.05, 3.63) is 101 Å². The smallest absolute Gasteiger partial charge is 0.239 e. The molecule has 2 atom stereocenters. The molecule has 0 spiro atoms. The van der Waals surface area contributed by atoms with E-state index in [0.29, 0.717) is 19.8 Å². The molecule has 2 saturated heterocycles. The Morgan fingerprint density at radius 2 is 1.67 bits per heavy atom. The molecule has 0 bridgehead atoms. The van der Waals surface area contributed by atoms with Crippen LogP contribution in [0.4, 0.5) is 0 Å². The highest BCUT2D eigenvalue weighted by Crippen LogP contribution is 2.54. The zero-order valence-electron chi connectivity index (χ0n) is 24.1. The minimum absolute atomic E-state index is 0.00646. The third kappa shape index (κ3) is 5.86. The van der Waals surface area contributed by atoms with E-state index >= 15 is 0 Å². The molecule has 220 valence electrons. The number of hydrogen-bond donors (Lipinski definition) is 2. The number of carbonyl (C=O) groups is 2. The van der Waals surface area contributed by atoms with Gasteiger partial charge in [-0.2, -0.15) is 0 Å². The summed E-state index contributed by atoms with van der Waals surface area (Å²) in [6.45, 7) is 6.37. The van der Waals surface area contributed by atoms with Gasteiger partial charge in [0.1, 0.15) is 4.75 Å². The summed E-state index contributed by atoms with van der Waals surface area (Å²) in [5, 5.41) is 13.0. The molecule has 2 amide bonds. The fourth-order valence-electron chi connectivity index (χ4n) is 6.62. The van der Waals surface area contributed by atoms with Crippen molar-refractivity contribution >= 4 is 23.6 Å². The number of rotatable bonds is 9. The average Bonchev–Trinajstić information content (AvgIpc) is 3.57. The lowest BCUT2D eigenvalue weighted by Crippen LogP contribution is -2.51. The van der Waals surface area contributed by atoms with Gasteiger partial charge in [0, 0.05) is 37.1 Å². The van der Waals surface area contributed by atoms with Gasteiger partial charge in [0.05, 0.1) is 32.3 Å². The number of aryl methyl sites for hydroxylation is 1. The van der Waals surface area contributed by atoms with Gasteiger partial charge >= 0.3 is 0 Å². The largest absolute Gasteiger partial charge is 0.392 e. The number of likely N-dealkylation sites (tertiary alicyclic amines) is 1. The Labute approximate surface area is 252 Å². The molecule has 2 fully saturated rings. The maximum atomic E-state index is 14.5. The molecule has 3 aliphatic rings. The first kappa shape index (κ1) is 28.9. The van der Waals surface area contributed by atoms with Crippen molar-refractivity contribution in [2.24, 2.45) is 0 Å². The molecule has 42 heavy (non-hydrogen) atoms. The van der Waals surface area contributed by atoms with Gasteiger partial charge in [-0.15, -0.1) is 11.8 Å². The molecule has 0 unspecified atom stereocenters. The van der Waals surface area contributed by atoms with Crippen LogP contribution in [0.3, 0.4) is 0 Å². The Kier molecular flexibility index (Phi) is 8.67. The number of fused-ring (bicyclic) bond motifs is 1. The summed E-state index contributed by atoms with van der Waals surface area (Å²) in [7, 11) is 0. The molecular weight excluding hydrogens is 546 g/mol. The van der Waals surface area contributed by atoms with Crippen LogP contribution in [-0.2, 0) is 33.8 Å². The fourth-order valence-corrected chi connectivity index (χ4v) is 8.04. The maximum Gasteiger partial charge on any atom is 0.239 e. The number of aliphatic hydroxyl groups excluding tert-OH is 1. The lowest BCUT2D eigenvalue weighted by atomic mass is 9.90. The van der Waals surface area contributed by atoms with Crippen LogP contribution in [-0.4, -0.2) is 76.9 Å². The Balaban J connectivity index is 1.38. The Hall–Kier alpha value is -3.17. The second-order valence-corrected chi connectivity index (χ2v) is 13.0. The summed E-state index contributed by atoms with van der Waals surface area (Å²) in [6, 6.07) is 23.9. The number of morpholine rings is 1. The molecule has 1 aliphatic carbocycles. The number of carbonyl (C=O) groups excluding carboxylic acids is 2. The van der Waals surface area contributed by atoms with Crippen LogP contribution in [0.15, 0.2) is 77.7 Å². The second kappa shape index (κ2) is 12.6. The first-order chi connectivity index (χ1) is 20.5. The Bertz CT molecular complexity index is 1380. The molecule has 0 radical (unpaired) electrons. The summed E-state index contributed by atoms with van der Waals surface area (Å²) >= 11 is 1.51. The quantitative estimate of drug-likeness (QED) is 0.397. The van der Waals surface area contributed by atoms with Crippen molar-refractivity contribution in [1.29, 1.82) is 0 Å². The minimum Gasteiger partial charge on any atom is -0.392 e. The minimum atomic E-state index is -1.06. The van der Waals surface area contributed by atoms with Crippen LogP contribution in [0.2, 0.25) is 0 Å². The highest BCUT2D eigenvalue weighted by Gasteiger charge is 2.59. The van der Waals surface area contributed by atoms with Gasteiger partial charge in [-0.3, -0.25) is 14.5 Å². The first-order valence-corrected chi connectivity index (χ1v) is 15.7. The lowest BCUT2D eigenvalue weighted by Gasteiger charge is -2.39. The van der Waals surface area contributed by atoms with Crippen LogP contribution in [0.25, 0.3) is 0 Å². The molecule has 0 saturated carbocycles. The number of hydrogen-bond acceptors (Lipinski definition) is 6. The molecule has 2 aliphatic heterocycles. The van der Waals surface area contributed by atoms with Gasteiger partial charge in [-0.05, 0) is 54.2 Å². The standard InChI is InChI=1S/C34H39N3O4S/c1-24-6-12-30(13-7-24)42-34(33(40)35-14-15-36-16-18-41-19-17-36)22-31(39)37(29-20-27-4-2-3-5-28(27)21-29)32(34)26-10-8-25(23-38)9-11-26/h2-13,29,32,38H,14-23H2,1H3,(H,35,40)/t32-,34-/m1/s1. The van der Waals surface area contributed by atoms with Crippen LogP contribution in [0.5, 0.6) is 0 Å². The van der Waals surface area contributed by atoms with E-state index in [2.05, 4.69) is 46.6 Å². The van der Waals surface area contributed by atoms with Crippen molar-refractivity contribution in [3.8, 4) is 0 Å². The third-order valence-electron chi connectivity index (χ3n) is 8.85. The molecule has 8 heteroatoms. The van der Waals surface area contributed by atoms with E-state index in [1.807, 2.05) is 48.2 Å². The Morgan fingerprint density at radius 3 is 2.31 bits per heavy atom. The van der Waals surface area contributed by atoms with Crippen molar-refractivity contribution in [3.63, 3.8) is 0 Å². The van der Waals surface area contributed by atoms with E-state index in [9.17, 15) is 14.7 Å². The predicted octanol–water partition coefficient (Wildman–Crippen LogP) is 3.91. The summed E-state index contributed by atoms with van der Waals surface area (Å²) < 4.78 is 4.42. The molecule has 2 heterocycles. The molecule has 3 aromatic rings. The van der Waals surface area contributed by atoms with Crippen molar-refractivity contribution in [2.45, 2.75) is 54.5 Å². The van der Waals surface area contributed by atoms with E-state index < -0.39 is 10.8 Å². The molecule has 7 nitrogen and oxygen atoms in total. The van der Waals surface area contributed by atoms with Gasteiger partial charge in [-0.25, -0.2) is 0 Å². The molecule has 2 N–H and O–H groups in total. The number of nitrogens with one attached hydrogen (secondary N) is 1. The van der Waals surface area contributed by atoms with E-state index in [4.69, 9.17) is 4.74 Å². The maximum absolute atomic E-state index is 14.5. The number of amides is 2. The number of benzene rings is 3. The predicted molar refractivity (Wildman–Crippen MR) is 164 cm³/mol. The van der Waals surface area contributed by atoms with Crippen molar-refractivity contribution in [2.75, 3.05) is 39.4 Å². The SMILES string of the molecule is Cc1ccc(S[C@]2(C(=O)NCCN3CCOCC3)CC(=O)N(C3Cc4ccccc4C3)[C@@H]2c2ccc(CO)cc2)cc1. The van der Waals surface area contributed by atoms with E-state index in [1.54, 1.807) is 0 Å². The fraction of sp³-hybridized carbons (Fsp3) is 0.412. The number of aliphatic hydroxyl groups is 1. The zero-order chi connectivity index (χ0) is 29.1. The zero-order valence-corrected chi connectivity index (χ0v) is 24.9. The van der Waals surface area contributed by atoms with Crippen LogP contribution in [0, 0.1) is 6.92 Å². The van der Waals surface area contributed by atoms with E-state index in [0.717, 1.165) is 54.1 Å². The van der Waals surface area contributed by atoms with Gasteiger partial charge < -0.3 is 20.1 Å². The number of ether oxygens (including phenoxy) is 1. The second-order valence-electron chi connectivity index (χ2n) is 11.6. The van der Waals surface area contributed by atoms with E-state index in [-0.39, 0.29) is 30.9 Å². The van der Waals surface area contributed by atoms with Gasteiger partial charge in [0.2, 0.25) is 11.8 Å². The van der Waals surface area contributed by atoms with Gasteiger partial charge in [0.15, 0.2) is 0 Å². The number of nitrogens with zero attached hydrogens (tertiary/aromatic N) is 2. The van der Waals surface area contributed by atoms with Gasteiger partial charge in [-0.1, -0.05) is 66.2 Å². The van der Waals surface area contributed by atoms with Crippen molar-refractivity contribution < 1.29 is 19.4 Å². The highest BCUT2D eigenvalue weighted by molar-refractivity contribution is 8.01. The van der Waals surface area contributed by atoms with Crippen LogP contribution in [0.1, 0.15) is 40.3 Å². The highest BCUT2D eigenvalue weighted by atomic mass is 32.2. The molecule has 3 aromatic carbocycles. The molecule has 0 aromatic heterocycles. The summed E-state index contributed by atoms with van der Waals surface area (Å²) in [5.41, 5.74) is 5.39. The third-order valence-corrected chi connectivity index (χ3v) is 10.3. The monoisotopic (exact) mass is 585 g/mol. The van der Waals surface area contributed by atoms with Crippen LogP contribution < -0.4 is 5.32 Å². The summed E-state index contributed by atoms with van der Waals surface area (Å²) in [6.07, 6.45) is 1.67. The van der Waals surface area contributed by atoms with Crippen LogP contribution >= 0.6 is 11.8 Å². The topological polar surface area (TPSA) is 82.1 Å². The normalized spacial score (nSPS) is 22.9. The molecule has 6 rings (SSSR count). The lowest BCUT2D eigenvalue weighted by molar-refractivity contribution is -0.131. The van der Waals surface area contributed by atoms with Gasteiger partial charge in [0.25, 0.3) is 0 Å². The molecular formula is C34H39N3O4S.